The zero-order valence-corrected chi connectivity index (χ0v) is 15.8. The molecule has 2 aromatic rings. The minimum absolute atomic E-state index is 0.332. The van der Waals surface area contributed by atoms with E-state index >= 15 is 0 Å². The van der Waals surface area contributed by atoms with Crippen molar-refractivity contribution in [3.05, 3.63) is 65.7 Å². The van der Waals surface area contributed by atoms with Crippen molar-refractivity contribution in [3.63, 3.8) is 0 Å². The van der Waals surface area contributed by atoms with Gasteiger partial charge in [-0.3, -0.25) is 0 Å². The molecule has 1 fully saturated rings. The van der Waals surface area contributed by atoms with Crippen LogP contribution in [-0.4, -0.2) is 18.2 Å². The molecule has 0 unspecified atom stereocenters. The minimum Gasteiger partial charge on any atom is -0.444 e. The number of hydrogen-bond acceptors (Lipinski definition) is 3. The maximum atomic E-state index is 11.8. The molecule has 1 aliphatic carbocycles. The summed E-state index contributed by atoms with van der Waals surface area (Å²) in [7, 11) is 0. The fraction of sp³-hybridized carbons (Fsp3) is 0.409. The third kappa shape index (κ3) is 5.51. The molecule has 0 aromatic heterocycles. The van der Waals surface area contributed by atoms with E-state index in [9.17, 15) is 4.79 Å². The van der Waals surface area contributed by atoms with Crippen LogP contribution in [-0.2, 0) is 11.3 Å². The fourth-order valence-electron chi connectivity index (χ4n) is 3.09. The predicted molar refractivity (Wildman–Crippen MR) is 105 cm³/mol. The second-order valence-electron chi connectivity index (χ2n) is 7.95. The Bertz CT molecular complexity index is 737. The number of amides is 1. The molecule has 0 heterocycles. The summed E-state index contributed by atoms with van der Waals surface area (Å²) in [5, 5.41) is 6.37. The highest BCUT2D eigenvalue weighted by atomic mass is 16.6. The SMILES string of the molecule is CC(C)(C)OC(=O)NC[C@@H]1C[C@H]1c1cccc(NCc2ccccc2)c1. The van der Waals surface area contributed by atoms with E-state index in [0.717, 1.165) is 18.7 Å². The highest BCUT2D eigenvalue weighted by Crippen LogP contribution is 2.47. The Balaban J connectivity index is 1.48. The minimum atomic E-state index is -0.453. The van der Waals surface area contributed by atoms with Gasteiger partial charge in [0.05, 0.1) is 0 Å². The molecule has 4 nitrogen and oxygen atoms in total. The zero-order chi connectivity index (χ0) is 18.6. The van der Waals surface area contributed by atoms with Gasteiger partial charge in [-0.05, 0) is 62.3 Å². The summed E-state index contributed by atoms with van der Waals surface area (Å²) in [6, 6.07) is 19.0. The van der Waals surface area contributed by atoms with Gasteiger partial charge in [0.1, 0.15) is 5.60 Å². The van der Waals surface area contributed by atoms with Gasteiger partial charge in [0.15, 0.2) is 0 Å². The van der Waals surface area contributed by atoms with Gasteiger partial charge in [0.2, 0.25) is 0 Å². The first-order valence-corrected chi connectivity index (χ1v) is 9.25. The summed E-state index contributed by atoms with van der Waals surface area (Å²) < 4.78 is 5.29. The van der Waals surface area contributed by atoms with E-state index < -0.39 is 5.60 Å². The topological polar surface area (TPSA) is 50.4 Å². The molecule has 0 spiro atoms. The van der Waals surface area contributed by atoms with Crippen molar-refractivity contribution in [2.45, 2.75) is 45.3 Å². The standard InChI is InChI=1S/C22H28N2O2/c1-22(2,3)26-21(25)24-15-18-13-20(18)17-10-7-11-19(12-17)23-14-16-8-5-4-6-9-16/h4-12,18,20,23H,13-15H2,1-3H3,(H,24,25)/t18-,20-/m0/s1. The molecule has 1 saturated carbocycles. The van der Waals surface area contributed by atoms with E-state index in [2.05, 4.69) is 59.2 Å². The lowest BCUT2D eigenvalue weighted by Crippen LogP contribution is -2.33. The lowest BCUT2D eigenvalue weighted by Gasteiger charge is -2.19. The normalized spacial score (nSPS) is 18.9. The average Bonchev–Trinajstić information content (AvgIpc) is 3.38. The third-order valence-electron chi connectivity index (χ3n) is 4.48. The first-order valence-electron chi connectivity index (χ1n) is 9.25. The van der Waals surface area contributed by atoms with Crippen LogP contribution in [0.3, 0.4) is 0 Å². The first kappa shape index (κ1) is 18.3. The largest absolute Gasteiger partial charge is 0.444 e. The van der Waals surface area contributed by atoms with Crippen molar-refractivity contribution in [1.29, 1.82) is 0 Å². The predicted octanol–water partition coefficient (Wildman–Crippen LogP) is 4.93. The van der Waals surface area contributed by atoms with Gasteiger partial charge in [0.25, 0.3) is 0 Å². The molecule has 4 heteroatoms. The van der Waals surface area contributed by atoms with E-state index in [1.807, 2.05) is 26.8 Å². The Morgan fingerprint density at radius 2 is 1.88 bits per heavy atom. The average molecular weight is 352 g/mol. The lowest BCUT2D eigenvalue weighted by atomic mass is 10.1. The number of nitrogens with one attached hydrogen (secondary N) is 2. The van der Waals surface area contributed by atoms with Crippen molar-refractivity contribution < 1.29 is 9.53 Å². The highest BCUT2D eigenvalue weighted by Gasteiger charge is 2.38. The summed E-state index contributed by atoms with van der Waals surface area (Å²) in [6.45, 7) is 7.11. The molecular weight excluding hydrogens is 324 g/mol. The van der Waals surface area contributed by atoms with E-state index in [-0.39, 0.29) is 6.09 Å². The van der Waals surface area contributed by atoms with Crippen LogP contribution in [0.4, 0.5) is 10.5 Å². The van der Waals surface area contributed by atoms with E-state index in [4.69, 9.17) is 4.74 Å². The van der Waals surface area contributed by atoms with Crippen LogP contribution in [0.15, 0.2) is 54.6 Å². The number of carbonyl (C=O) groups excluding carboxylic acids is 1. The second-order valence-corrected chi connectivity index (χ2v) is 7.95. The number of hydrogen-bond donors (Lipinski definition) is 2. The molecule has 2 N–H and O–H groups in total. The molecule has 2 aromatic carbocycles. The van der Waals surface area contributed by atoms with Gasteiger partial charge < -0.3 is 15.4 Å². The zero-order valence-electron chi connectivity index (χ0n) is 15.8. The maximum Gasteiger partial charge on any atom is 0.407 e. The molecule has 138 valence electrons. The Hall–Kier alpha value is -2.49. The quantitative estimate of drug-likeness (QED) is 0.775. The van der Waals surface area contributed by atoms with Crippen LogP contribution in [0, 0.1) is 5.92 Å². The Morgan fingerprint density at radius 3 is 2.62 bits per heavy atom. The van der Waals surface area contributed by atoms with Crippen LogP contribution in [0.1, 0.15) is 44.2 Å². The lowest BCUT2D eigenvalue weighted by molar-refractivity contribution is 0.0525. The van der Waals surface area contributed by atoms with Gasteiger partial charge in [-0.25, -0.2) is 4.79 Å². The fourth-order valence-corrected chi connectivity index (χ4v) is 3.09. The molecule has 0 bridgehead atoms. The number of ether oxygens (including phenoxy) is 1. The Kier molecular flexibility index (Phi) is 5.50. The molecule has 26 heavy (non-hydrogen) atoms. The molecule has 2 atom stereocenters. The first-order chi connectivity index (χ1) is 12.4. The van der Waals surface area contributed by atoms with E-state index in [0.29, 0.717) is 18.4 Å². The number of anilines is 1. The number of benzene rings is 2. The molecule has 0 saturated heterocycles. The van der Waals surface area contributed by atoms with Crippen LogP contribution >= 0.6 is 0 Å². The molecule has 0 radical (unpaired) electrons. The summed E-state index contributed by atoms with van der Waals surface area (Å²) in [5.74, 6) is 1.01. The molecule has 0 aliphatic heterocycles. The van der Waals surface area contributed by atoms with Crippen molar-refractivity contribution >= 4 is 11.8 Å². The van der Waals surface area contributed by atoms with Gasteiger partial charge in [0, 0.05) is 18.8 Å². The van der Waals surface area contributed by atoms with Crippen molar-refractivity contribution in [3.8, 4) is 0 Å². The number of alkyl carbamates (subject to hydrolysis) is 1. The molecule has 1 amide bonds. The third-order valence-corrected chi connectivity index (χ3v) is 4.48. The Labute approximate surface area is 156 Å². The van der Waals surface area contributed by atoms with Crippen molar-refractivity contribution in [2.75, 3.05) is 11.9 Å². The van der Waals surface area contributed by atoms with E-state index in [1.54, 1.807) is 0 Å². The van der Waals surface area contributed by atoms with Crippen molar-refractivity contribution in [1.82, 2.24) is 5.32 Å². The second kappa shape index (κ2) is 7.81. The van der Waals surface area contributed by atoms with Gasteiger partial charge in [-0.15, -0.1) is 0 Å². The van der Waals surface area contributed by atoms with Gasteiger partial charge >= 0.3 is 6.09 Å². The molecular formula is C22H28N2O2. The van der Waals surface area contributed by atoms with Crippen LogP contribution in [0.25, 0.3) is 0 Å². The van der Waals surface area contributed by atoms with E-state index in [1.165, 1.54) is 11.1 Å². The Morgan fingerprint density at radius 1 is 1.12 bits per heavy atom. The highest BCUT2D eigenvalue weighted by molar-refractivity contribution is 5.67. The molecule has 3 rings (SSSR count). The number of carbonyl (C=O) groups is 1. The van der Waals surface area contributed by atoms with Crippen molar-refractivity contribution in [2.24, 2.45) is 5.92 Å². The van der Waals surface area contributed by atoms with Crippen LogP contribution < -0.4 is 10.6 Å². The summed E-state index contributed by atoms with van der Waals surface area (Å²) >= 11 is 0. The monoisotopic (exact) mass is 352 g/mol. The van der Waals surface area contributed by atoms with Gasteiger partial charge in [-0.2, -0.15) is 0 Å². The smallest absolute Gasteiger partial charge is 0.407 e. The van der Waals surface area contributed by atoms with Gasteiger partial charge in [-0.1, -0.05) is 42.5 Å². The molecule has 1 aliphatic rings. The summed E-state index contributed by atoms with van der Waals surface area (Å²) in [4.78, 5) is 11.8. The van der Waals surface area contributed by atoms with Crippen LogP contribution in [0.5, 0.6) is 0 Å². The summed E-state index contributed by atoms with van der Waals surface area (Å²) in [5.41, 5.74) is 3.28. The summed E-state index contributed by atoms with van der Waals surface area (Å²) in [6.07, 6.45) is 0.777. The maximum absolute atomic E-state index is 11.8. The number of rotatable bonds is 6. The van der Waals surface area contributed by atoms with Crippen LogP contribution in [0.2, 0.25) is 0 Å².